The van der Waals surface area contributed by atoms with Crippen molar-refractivity contribution in [2.75, 3.05) is 37.8 Å². The van der Waals surface area contributed by atoms with Crippen LogP contribution in [0.5, 0.6) is 5.75 Å². The first-order chi connectivity index (χ1) is 14.0. The molecule has 150 valence electrons. The van der Waals surface area contributed by atoms with E-state index < -0.39 is 0 Å². The highest BCUT2D eigenvalue weighted by atomic mass is 16.3. The molecule has 1 aliphatic rings. The molecular formula is C21H25N7O. The van der Waals surface area contributed by atoms with Crippen LogP contribution >= 0.6 is 0 Å². The van der Waals surface area contributed by atoms with Crippen molar-refractivity contribution in [1.82, 2.24) is 20.3 Å². The SMILES string of the molecule is CN=Cc1cc(-c2ncc3cc(N4CCC(NC)C4)cnc3n2)c(O)c(C)c1N. The summed E-state index contributed by atoms with van der Waals surface area (Å²) in [6.45, 7) is 3.72. The largest absolute Gasteiger partial charge is 0.507 e. The lowest BCUT2D eigenvalue weighted by Gasteiger charge is -2.18. The van der Waals surface area contributed by atoms with Gasteiger partial charge in [-0.25, -0.2) is 15.0 Å². The number of fused-ring (bicyclic) bond motifs is 1. The number of nitrogens with zero attached hydrogens (tertiary/aromatic N) is 5. The van der Waals surface area contributed by atoms with Crippen molar-refractivity contribution in [2.24, 2.45) is 4.99 Å². The maximum absolute atomic E-state index is 10.6. The Hall–Kier alpha value is -3.26. The first kappa shape index (κ1) is 19.1. The number of hydrogen-bond donors (Lipinski definition) is 3. The van der Waals surface area contributed by atoms with E-state index in [1.165, 1.54) is 0 Å². The fourth-order valence-electron chi connectivity index (χ4n) is 3.71. The van der Waals surface area contributed by atoms with E-state index in [9.17, 15) is 5.11 Å². The topological polar surface area (TPSA) is 113 Å². The zero-order valence-electron chi connectivity index (χ0n) is 16.8. The molecule has 0 saturated carbocycles. The van der Waals surface area contributed by atoms with Gasteiger partial charge in [0.15, 0.2) is 11.5 Å². The molecule has 0 spiro atoms. The number of rotatable bonds is 4. The molecule has 1 aromatic carbocycles. The van der Waals surface area contributed by atoms with Gasteiger partial charge in [-0.3, -0.25) is 4.99 Å². The van der Waals surface area contributed by atoms with Gasteiger partial charge in [0.25, 0.3) is 0 Å². The molecule has 3 aromatic rings. The summed E-state index contributed by atoms with van der Waals surface area (Å²) in [5, 5.41) is 14.8. The molecule has 8 nitrogen and oxygen atoms in total. The van der Waals surface area contributed by atoms with Crippen molar-refractivity contribution < 1.29 is 5.11 Å². The standard InChI is InChI=1S/C21H25N7O/c1-12-18(22)13(8-23-2)7-17(19(12)29)21-25-9-14-6-16(10-26-20(14)27-21)28-5-4-15(11-28)24-3/h6-10,15,24,29H,4-5,11,22H2,1-3H3. The van der Waals surface area contributed by atoms with Gasteiger partial charge < -0.3 is 21.1 Å². The molecule has 0 bridgehead atoms. The summed E-state index contributed by atoms with van der Waals surface area (Å²) < 4.78 is 0. The smallest absolute Gasteiger partial charge is 0.165 e. The van der Waals surface area contributed by atoms with E-state index >= 15 is 0 Å². The van der Waals surface area contributed by atoms with Gasteiger partial charge in [-0.15, -0.1) is 0 Å². The van der Waals surface area contributed by atoms with Crippen LogP contribution in [0.3, 0.4) is 0 Å². The average molecular weight is 391 g/mol. The van der Waals surface area contributed by atoms with E-state index in [4.69, 9.17) is 5.73 Å². The van der Waals surface area contributed by atoms with E-state index in [2.05, 4.69) is 36.2 Å². The maximum Gasteiger partial charge on any atom is 0.165 e. The number of aromatic nitrogens is 3. The summed E-state index contributed by atoms with van der Waals surface area (Å²) in [4.78, 5) is 20.0. The lowest BCUT2D eigenvalue weighted by atomic mass is 10.0. The lowest BCUT2D eigenvalue weighted by Crippen LogP contribution is -2.29. The third-order valence-corrected chi connectivity index (χ3v) is 5.51. The fraction of sp³-hybridized carbons (Fsp3) is 0.333. The first-order valence-electron chi connectivity index (χ1n) is 9.61. The van der Waals surface area contributed by atoms with Gasteiger partial charge in [-0.1, -0.05) is 0 Å². The summed E-state index contributed by atoms with van der Waals surface area (Å²) in [7, 11) is 3.67. The van der Waals surface area contributed by atoms with Crippen LogP contribution in [-0.4, -0.2) is 59.5 Å². The van der Waals surface area contributed by atoms with Gasteiger partial charge in [-0.05, 0) is 32.5 Å². The number of benzene rings is 1. The van der Waals surface area contributed by atoms with Gasteiger partial charge in [0.05, 0.1) is 17.4 Å². The van der Waals surface area contributed by atoms with Crippen LogP contribution in [0, 0.1) is 6.92 Å². The zero-order chi connectivity index (χ0) is 20.5. The number of phenols is 1. The van der Waals surface area contributed by atoms with E-state index in [0.29, 0.717) is 34.3 Å². The number of likely N-dealkylation sites (N-methyl/N-ethyl adjacent to an activating group) is 1. The van der Waals surface area contributed by atoms with Gasteiger partial charge in [0.1, 0.15) is 5.75 Å². The molecule has 4 rings (SSSR count). The van der Waals surface area contributed by atoms with Crippen LogP contribution in [0.25, 0.3) is 22.4 Å². The van der Waals surface area contributed by atoms with Crippen LogP contribution in [0.2, 0.25) is 0 Å². The molecule has 1 aliphatic heterocycles. The molecule has 0 radical (unpaired) electrons. The first-order valence-corrected chi connectivity index (χ1v) is 9.61. The van der Waals surface area contributed by atoms with E-state index in [1.807, 2.05) is 13.2 Å². The number of aromatic hydroxyl groups is 1. The number of aliphatic imine (C=N–C) groups is 1. The molecule has 1 atom stereocenters. The average Bonchev–Trinajstić information content (AvgIpc) is 3.23. The molecule has 1 unspecified atom stereocenters. The van der Waals surface area contributed by atoms with Gasteiger partial charge >= 0.3 is 0 Å². The molecule has 0 aliphatic carbocycles. The summed E-state index contributed by atoms with van der Waals surface area (Å²) in [6.07, 6.45) is 6.37. The van der Waals surface area contributed by atoms with E-state index in [1.54, 1.807) is 32.4 Å². The second kappa shape index (κ2) is 7.63. The Balaban J connectivity index is 1.73. The molecular weight excluding hydrogens is 366 g/mol. The highest BCUT2D eigenvalue weighted by molar-refractivity contribution is 5.92. The van der Waals surface area contributed by atoms with Gasteiger partial charge in [0.2, 0.25) is 0 Å². The Bertz CT molecular complexity index is 1100. The minimum Gasteiger partial charge on any atom is -0.507 e. The van der Waals surface area contributed by atoms with Crippen LogP contribution in [0.1, 0.15) is 17.5 Å². The second-order valence-corrected chi connectivity index (χ2v) is 7.31. The maximum atomic E-state index is 10.6. The number of pyridine rings is 1. The minimum atomic E-state index is 0.0712. The van der Waals surface area contributed by atoms with Crippen LogP contribution in [-0.2, 0) is 0 Å². The van der Waals surface area contributed by atoms with Crippen molar-refractivity contribution >= 4 is 28.6 Å². The fourth-order valence-corrected chi connectivity index (χ4v) is 3.71. The van der Waals surface area contributed by atoms with Crippen molar-refractivity contribution in [3.05, 3.63) is 35.7 Å². The van der Waals surface area contributed by atoms with Gasteiger partial charge in [0, 0.05) is 60.8 Å². The van der Waals surface area contributed by atoms with Crippen LogP contribution in [0.4, 0.5) is 11.4 Å². The molecule has 29 heavy (non-hydrogen) atoms. The predicted molar refractivity (Wildman–Crippen MR) is 117 cm³/mol. The Morgan fingerprint density at radius 2 is 2.14 bits per heavy atom. The van der Waals surface area contributed by atoms with Crippen LogP contribution < -0.4 is 16.0 Å². The summed E-state index contributed by atoms with van der Waals surface area (Å²) in [5.41, 5.74) is 10.0. The van der Waals surface area contributed by atoms with Crippen molar-refractivity contribution in [2.45, 2.75) is 19.4 Å². The lowest BCUT2D eigenvalue weighted by molar-refractivity contribution is 0.473. The third kappa shape index (κ3) is 3.47. The molecule has 8 heteroatoms. The Morgan fingerprint density at radius 3 is 2.86 bits per heavy atom. The Labute approximate surface area is 169 Å². The highest BCUT2D eigenvalue weighted by Crippen LogP contribution is 2.35. The Kier molecular flexibility index (Phi) is 5.02. The second-order valence-electron chi connectivity index (χ2n) is 7.31. The Morgan fingerprint density at radius 1 is 1.31 bits per heavy atom. The summed E-state index contributed by atoms with van der Waals surface area (Å²) in [5.74, 6) is 0.474. The molecule has 1 saturated heterocycles. The van der Waals surface area contributed by atoms with E-state index in [-0.39, 0.29) is 5.75 Å². The van der Waals surface area contributed by atoms with Crippen molar-refractivity contribution in [1.29, 1.82) is 0 Å². The molecule has 3 heterocycles. The number of nitrogens with two attached hydrogens (primary N) is 1. The molecule has 2 aromatic heterocycles. The number of phenolic OH excluding ortho intramolecular Hbond substituents is 1. The van der Waals surface area contributed by atoms with Gasteiger partial charge in [-0.2, -0.15) is 0 Å². The predicted octanol–water partition coefficient (Wildman–Crippen LogP) is 2.13. The number of hydrogen-bond acceptors (Lipinski definition) is 8. The minimum absolute atomic E-state index is 0.0712. The molecule has 1 fully saturated rings. The monoisotopic (exact) mass is 391 g/mol. The highest BCUT2D eigenvalue weighted by Gasteiger charge is 2.22. The number of nitrogen functional groups attached to an aromatic ring is 1. The normalized spacial score (nSPS) is 16.9. The van der Waals surface area contributed by atoms with Crippen molar-refractivity contribution in [3.8, 4) is 17.1 Å². The van der Waals surface area contributed by atoms with Crippen molar-refractivity contribution in [3.63, 3.8) is 0 Å². The number of nitrogens with one attached hydrogen (secondary N) is 1. The summed E-state index contributed by atoms with van der Waals surface area (Å²) >= 11 is 0. The summed E-state index contributed by atoms with van der Waals surface area (Å²) in [6, 6.07) is 4.32. The molecule has 0 amide bonds. The van der Waals surface area contributed by atoms with E-state index in [0.717, 1.165) is 36.1 Å². The third-order valence-electron chi connectivity index (χ3n) is 5.51. The van der Waals surface area contributed by atoms with Crippen LogP contribution in [0.15, 0.2) is 29.5 Å². The molecule has 4 N–H and O–H groups in total. The quantitative estimate of drug-likeness (QED) is 0.461. The number of anilines is 2. The zero-order valence-corrected chi connectivity index (χ0v) is 16.8.